The average Bonchev–Trinajstić information content (AvgIpc) is 3.35. The lowest BCUT2D eigenvalue weighted by Gasteiger charge is -2.46. The number of pyridine rings is 2. The van der Waals surface area contributed by atoms with Gasteiger partial charge in [-0.3, -0.25) is 9.88 Å². The lowest BCUT2D eigenvalue weighted by molar-refractivity contribution is -0.0857. The topological polar surface area (TPSA) is 153 Å². The van der Waals surface area contributed by atoms with Gasteiger partial charge in [0.25, 0.3) is 0 Å². The maximum atomic E-state index is 11.8. The fraction of sp³-hybridized carbons (Fsp3) is 0.357. The van der Waals surface area contributed by atoms with Gasteiger partial charge < -0.3 is 24.6 Å². The highest BCUT2D eigenvalue weighted by molar-refractivity contribution is 5.87. The Balaban J connectivity index is 1.21. The van der Waals surface area contributed by atoms with Crippen molar-refractivity contribution in [2.75, 3.05) is 25.1 Å². The number of anilines is 2. The number of morpholine rings is 1. The summed E-state index contributed by atoms with van der Waals surface area (Å²) < 4.78 is 18.8. The van der Waals surface area contributed by atoms with Crippen molar-refractivity contribution in [2.45, 2.75) is 44.9 Å². The van der Waals surface area contributed by atoms with Crippen molar-refractivity contribution in [2.24, 2.45) is 0 Å². The molecule has 212 valence electrons. The molecule has 0 saturated carbocycles. The van der Waals surface area contributed by atoms with Crippen molar-refractivity contribution in [1.29, 1.82) is 0 Å². The van der Waals surface area contributed by atoms with Crippen molar-refractivity contribution < 1.29 is 28.9 Å². The van der Waals surface area contributed by atoms with Gasteiger partial charge in [-0.2, -0.15) is 5.10 Å². The van der Waals surface area contributed by atoms with Crippen LogP contribution in [-0.2, 0) is 9.47 Å². The Morgan fingerprint density at radius 3 is 2.61 bits per heavy atom. The number of rotatable bonds is 7. The Kier molecular flexibility index (Phi) is 7.10. The van der Waals surface area contributed by atoms with E-state index in [1.165, 1.54) is 4.90 Å². The number of amides is 1. The van der Waals surface area contributed by atoms with E-state index < -0.39 is 12.1 Å². The molecule has 13 nitrogen and oxygen atoms in total. The second kappa shape index (κ2) is 11.0. The van der Waals surface area contributed by atoms with Crippen molar-refractivity contribution in [3.05, 3.63) is 60.2 Å². The van der Waals surface area contributed by atoms with E-state index in [1.54, 1.807) is 29.8 Å². The zero-order valence-corrected chi connectivity index (χ0v) is 22.6. The fourth-order valence-electron chi connectivity index (χ4n) is 5.39. The van der Waals surface area contributed by atoms with Crippen LogP contribution in [0.3, 0.4) is 0 Å². The summed E-state index contributed by atoms with van der Waals surface area (Å²) in [6, 6.07) is 10.5. The van der Waals surface area contributed by atoms with Crippen LogP contribution in [0, 0.1) is 6.92 Å². The molecule has 0 spiro atoms. The van der Waals surface area contributed by atoms with Crippen LogP contribution in [0.25, 0.3) is 16.6 Å². The molecule has 2 N–H and O–H groups in total. The Morgan fingerprint density at radius 1 is 1.10 bits per heavy atom. The molecule has 13 heteroatoms. The van der Waals surface area contributed by atoms with Crippen LogP contribution in [0.1, 0.15) is 35.9 Å². The van der Waals surface area contributed by atoms with Crippen LogP contribution < -0.4 is 10.1 Å². The van der Waals surface area contributed by atoms with Crippen LogP contribution in [0.15, 0.2) is 48.8 Å². The largest absolute Gasteiger partial charge is 0.488 e. The highest BCUT2D eigenvalue weighted by Gasteiger charge is 2.42. The first kappa shape index (κ1) is 26.4. The third-order valence-electron chi connectivity index (χ3n) is 7.18. The maximum absolute atomic E-state index is 11.8. The molecule has 2 aliphatic heterocycles. The molecule has 3 atom stereocenters. The summed E-state index contributed by atoms with van der Waals surface area (Å²) in [5.41, 5.74) is 3.63. The predicted molar refractivity (Wildman–Crippen MR) is 146 cm³/mol. The number of esters is 1. The summed E-state index contributed by atoms with van der Waals surface area (Å²) in [4.78, 5) is 29.6. The van der Waals surface area contributed by atoms with Crippen LogP contribution in [-0.4, -0.2) is 84.9 Å². The van der Waals surface area contributed by atoms with Crippen molar-refractivity contribution in [3.63, 3.8) is 0 Å². The molecule has 2 fully saturated rings. The van der Waals surface area contributed by atoms with E-state index in [4.69, 9.17) is 14.2 Å². The van der Waals surface area contributed by atoms with E-state index in [9.17, 15) is 14.7 Å². The quantitative estimate of drug-likeness (QED) is 0.319. The minimum absolute atomic E-state index is 0.131. The number of aromatic nitrogens is 5. The van der Waals surface area contributed by atoms with Gasteiger partial charge in [0.1, 0.15) is 11.9 Å². The van der Waals surface area contributed by atoms with E-state index in [2.05, 4.69) is 25.6 Å². The monoisotopic (exact) mass is 559 g/mol. The summed E-state index contributed by atoms with van der Waals surface area (Å²) in [6.45, 7) is 4.66. The lowest BCUT2D eigenvalue weighted by Crippen LogP contribution is -2.60. The predicted octanol–water partition coefficient (Wildman–Crippen LogP) is 3.70. The molecule has 4 aromatic heterocycles. The Hall–Kier alpha value is -4.78. The molecule has 0 aromatic carbocycles. The Morgan fingerprint density at radius 2 is 1.90 bits per heavy atom. The van der Waals surface area contributed by atoms with Gasteiger partial charge in [-0.1, -0.05) is 0 Å². The van der Waals surface area contributed by atoms with Crippen molar-refractivity contribution in [3.8, 4) is 16.9 Å². The number of carbonyl (C=O) groups excluding carboxylic acids is 1. The van der Waals surface area contributed by atoms with Crippen LogP contribution in [0.4, 0.5) is 16.4 Å². The number of nitrogens with zero attached hydrogens (tertiary/aromatic N) is 6. The normalized spacial score (nSPS) is 20.0. The number of fused-ring (bicyclic) bond motifs is 3. The molecule has 2 bridgehead atoms. The van der Waals surface area contributed by atoms with Crippen molar-refractivity contribution in [1.82, 2.24) is 29.7 Å². The number of hydrogen-bond donors (Lipinski definition) is 2. The Bertz CT molecular complexity index is 1580. The fourth-order valence-corrected chi connectivity index (χ4v) is 5.39. The van der Waals surface area contributed by atoms with Gasteiger partial charge in [-0.25, -0.2) is 14.1 Å². The number of hydrogen-bond acceptors (Lipinski definition) is 10. The van der Waals surface area contributed by atoms with Gasteiger partial charge in [0, 0.05) is 36.4 Å². The first-order chi connectivity index (χ1) is 19.9. The van der Waals surface area contributed by atoms with E-state index in [0.717, 1.165) is 22.3 Å². The van der Waals surface area contributed by atoms with Crippen LogP contribution >= 0.6 is 0 Å². The van der Waals surface area contributed by atoms with Gasteiger partial charge in [0.15, 0.2) is 17.3 Å². The third-order valence-corrected chi connectivity index (χ3v) is 7.18. The summed E-state index contributed by atoms with van der Waals surface area (Å²) in [5.74, 6) is 1.11. The molecule has 6 heterocycles. The van der Waals surface area contributed by atoms with Gasteiger partial charge in [0.05, 0.1) is 43.6 Å². The number of piperidine rings is 1. The number of carbonyl (C=O) groups is 2. The maximum Gasteiger partial charge on any atom is 0.407 e. The zero-order valence-electron chi connectivity index (χ0n) is 22.6. The molecule has 0 radical (unpaired) electrons. The van der Waals surface area contributed by atoms with Gasteiger partial charge in [-0.05, 0) is 49.7 Å². The summed E-state index contributed by atoms with van der Waals surface area (Å²) >= 11 is 0. The molecule has 2 saturated heterocycles. The van der Waals surface area contributed by atoms with Gasteiger partial charge in [-0.15, -0.1) is 10.2 Å². The minimum Gasteiger partial charge on any atom is -0.488 e. The number of aryl methyl sites for hydroxylation is 1. The first-order valence-corrected chi connectivity index (χ1v) is 13.4. The minimum atomic E-state index is -0.914. The molecule has 41 heavy (non-hydrogen) atoms. The number of carboxylic acid groups (broad SMARTS) is 1. The number of nitrogens with one attached hydrogen (secondary N) is 1. The second-order valence-corrected chi connectivity index (χ2v) is 10.0. The highest BCUT2D eigenvalue weighted by Crippen LogP contribution is 2.35. The van der Waals surface area contributed by atoms with E-state index in [1.807, 2.05) is 37.4 Å². The Labute approximate surface area is 235 Å². The highest BCUT2D eigenvalue weighted by atomic mass is 16.5. The molecular formula is C28H29N7O6. The SMILES string of the molecule is CCOC(=O)c1ccc(Nc2cc3cc(-c4cc(C)ncc4O[C@H]4C[C@H]5COC[C@@H](C4)N5C(=O)O)ccn3n2)nn1. The second-order valence-electron chi connectivity index (χ2n) is 10.0. The molecule has 4 aromatic rings. The van der Waals surface area contributed by atoms with E-state index >= 15 is 0 Å². The molecular weight excluding hydrogens is 530 g/mol. The lowest BCUT2D eigenvalue weighted by atomic mass is 9.92. The van der Waals surface area contributed by atoms with Crippen LogP contribution in [0.5, 0.6) is 5.75 Å². The van der Waals surface area contributed by atoms with Gasteiger partial charge in [0.2, 0.25) is 0 Å². The standard InChI is InChI=1S/C28H29N7O6/c1-3-40-27(36)23-4-5-25(32-31-23)30-26-12-18-9-17(6-7-34(18)33-26)22-8-16(2)29-13-24(22)41-21-10-19-14-39-15-20(11-21)35(19)28(37)38/h4-9,12-13,19-21H,3,10-11,14-15H2,1-2H3,(H,37,38)(H,30,32,33)/t19-,20+,21-. The van der Waals surface area contributed by atoms with Gasteiger partial charge >= 0.3 is 12.1 Å². The third kappa shape index (κ3) is 5.48. The molecule has 1 amide bonds. The smallest absolute Gasteiger partial charge is 0.407 e. The zero-order chi connectivity index (χ0) is 28.5. The molecule has 6 rings (SSSR count). The molecule has 0 aliphatic carbocycles. The molecule has 0 unspecified atom stereocenters. The summed E-state index contributed by atoms with van der Waals surface area (Å²) in [5, 5.41) is 25.3. The van der Waals surface area contributed by atoms with Crippen molar-refractivity contribution >= 4 is 29.2 Å². The number of ether oxygens (including phenoxy) is 3. The first-order valence-electron chi connectivity index (χ1n) is 13.4. The molecule has 2 aliphatic rings. The summed E-state index contributed by atoms with van der Waals surface area (Å²) in [7, 11) is 0. The van der Waals surface area contributed by atoms with E-state index in [0.29, 0.717) is 43.4 Å². The van der Waals surface area contributed by atoms with E-state index in [-0.39, 0.29) is 30.5 Å². The van der Waals surface area contributed by atoms with Crippen LogP contribution in [0.2, 0.25) is 0 Å². The average molecular weight is 560 g/mol. The summed E-state index contributed by atoms with van der Waals surface area (Å²) in [6.07, 6.45) is 3.62.